The summed E-state index contributed by atoms with van der Waals surface area (Å²) in [6, 6.07) is 19.4. The summed E-state index contributed by atoms with van der Waals surface area (Å²) >= 11 is 0. The van der Waals surface area contributed by atoms with E-state index in [2.05, 4.69) is 59.8 Å². The SMILES string of the molecule is CCN1CCCCC1c1ccc(Cn2cc3c(c2Nc2ccccc2)C(=O)CC(=O)N3CC(C)C)cc1. The van der Waals surface area contributed by atoms with Crippen molar-refractivity contribution in [2.24, 2.45) is 5.92 Å². The summed E-state index contributed by atoms with van der Waals surface area (Å²) in [5, 5.41) is 3.49. The molecule has 0 bridgehead atoms. The number of piperidine rings is 1. The van der Waals surface area contributed by atoms with Crippen LogP contribution in [0.4, 0.5) is 17.2 Å². The molecule has 0 spiro atoms. The number of nitrogens with one attached hydrogen (secondary N) is 1. The number of aromatic nitrogens is 1. The predicted molar refractivity (Wildman–Crippen MR) is 150 cm³/mol. The van der Waals surface area contributed by atoms with Crippen molar-refractivity contribution >= 4 is 28.9 Å². The third kappa shape index (κ3) is 5.35. The summed E-state index contributed by atoms with van der Waals surface area (Å²) in [5.74, 6) is 0.811. The molecule has 1 fully saturated rings. The van der Waals surface area contributed by atoms with Crippen molar-refractivity contribution in [3.63, 3.8) is 0 Å². The minimum absolute atomic E-state index is 0.0861. The Morgan fingerprint density at radius 1 is 1.00 bits per heavy atom. The van der Waals surface area contributed by atoms with Crippen molar-refractivity contribution in [2.45, 2.75) is 59.0 Å². The van der Waals surface area contributed by atoms with E-state index in [1.807, 2.05) is 36.5 Å². The Labute approximate surface area is 220 Å². The number of anilines is 3. The Bertz CT molecular complexity index is 1250. The fraction of sp³-hybridized carbons (Fsp3) is 0.419. The Hall–Kier alpha value is -3.38. The van der Waals surface area contributed by atoms with Crippen molar-refractivity contribution in [1.82, 2.24) is 9.47 Å². The molecule has 6 nitrogen and oxygen atoms in total. The molecule has 5 rings (SSSR count). The van der Waals surface area contributed by atoms with Crippen molar-refractivity contribution in [3.05, 3.63) is 77.5 Å². The number of Topliss-reactive ketones (excluding diaryl/α,β-unsaturated/α-hetero) is 1. The topological polar surface area (TPSA) is 57.6 Å². The number of nitrogens with zero attached hydrogens (tertiary/aromatic N) is 3. The molecule has 3 heterocycles. The van der Waals surface area contributed by atoms with Crippen molar-refractivity contribution in [1.29, 1.82) is 0 Å². The maximum Gasteiger partial charge on any atom is 0.234 e. The molecule has 1 N–H and O–H groups in total. The van der Waals surface area contributed by atoms with Gasteiger partial charge in [0.05, 0.1) is 17.7 Å². The Morgan fingerprint density at radius 3 is 2.46 bits per heavy atom. The maximum absolute atomic E-state index is 13.2. The molecule has 1 saturated heterocycles. The van der Waals surface area contributed by atoms with Crippen LogP contribution in [0, 0.1) is 5.92 Å². The molecule has 1 atom stereocenters. The van der Waals surface area contributed by atoms with Gasteiger partial charge >= 0.3 is 0 Å². The highest BCUT2D eigenvalue weighted by atomic mass is 16.2. The number of rotatable bonds is 8. The molecule has 1 aromatic heterocycles. The van der Waals surface area contributed by atoms with Crippen molar-refractivity contribution < 1.29 is 9.59 Å². The third-order valence-electron chi connectivity index (χ3n) is 7.56. The van der Waals surface area contributed by atoms with Gasteiger partial charge in [0, 0.05) is 31.0 Å². The van der Waals surface area contributed by atoms with E-state index in [1.165, 1.54) is 36.9 Å². The smallest absolute Gasteiger partial charge is 0.234 e. The number of ketones is 1. The van der Waals surface area contributed by atoms with Gasteiger partial charge in [0.2, 0.25) is 5.91 Å². The first-order chi connectivity index (χ1) is 17.9. The van der Waals surface area contributed by atoms with E-state index in [0.29, 0.717) is 36.3 Å². The summed E-state index contributed by atoms with van der Waals surface area (Å²) < 4.78 is 2.09. The normalized spacial score (nSPS) is 18.4. The van der Waals surface area contributed by atoms with Crippen LogP contribution in [0.15, 0.2) is 60.8 Å². The van der Waals surface area contributed by atoms with Crippen LogP contribution in [0.1, 0.15) is 74.0 Å². The van der Waals surface area contributed by atoms with Crippen LogP contribution in [0.3, 0.4) is 0 Å². The van der Waals surface area contributed by atoms with Gasteiger partial charge in [0.1, 0.15) is 5.82 Å². The Balaban J connectivity index is 1.49. The zero-order chi connectivity index (χ0) is 25.9. The van der Waals surface area contributed by atoms with Crippen LogP contribution >= 0.6 is 0 Å². The summed E-state index contributed by atoms with van der Waals surface area (Å²) in [5.41, 5.74) is 4.79. The third-order valence-corrected chi connectivity index (χ3v) is 7.56. The van der Waals surface area contributed by atoms with E-state index >= 15 is 0 Å². The lowest BCUT2D eigenvalue weighted by atomic mass is 9.94. The summed E-state index contributed by atoms with van der Waals surface area (Å²) in [6.07, 6.45) is 5.67. The van der Waals surface area contributed by atoms with Gasteiger partial charge in [-0.05, 0) is 55.1 Å². The molecule has 1 unspecified atom stereocenters. The van der Waals surface area contributed by atoms with Gasteiger partial charge in [0.25, 0.3) is 0 Å². The van der Waals surface area contributed by atoms with E-state index in [9.17, 15) is 9.59 Å². The fourth-order valence-electron chi connectivity index (χ4n) is 5.75. The number of benzene rings is 2. The summed E-state index contributed by atoms with van der Waals surface area (Å²) in [7, 11) is 0. The molecule has 3 aromatic rings. The predicted octanol–water partition coefficient (Wildman–Crippen LogP) is 6.40. The van der Waals surface area contributed by atoms with Crippen LogP contribution in [-0.2, 0) is 11.3 Å². The zero-order valence-corrected chi connectivity index (χ0v) is 22.2. The Kier molecular flexibility index (Phi) is 7.47. The highest BCUT2D eigenvalue weighted by molar-refractivity contribution is 6.22. The van der Waals surface area contributed by atoms with Gasteiger partial charge in [-0.1, -0.05) is 69.7 Å². The molecule has 2 aliphatic rings. The minimum atomic E-state index is -0.121. The number of carbonyl (C=O) groups excluding carboxylic acids is 2. The Morgan fingerprint density at radius 2 is 1.76 bits per heavy atom. The van der Waals surface area contributed by atoms with E-state index in [1.54, 1.807) is 4.90 Å². The second kappa shape index (κ2) is 10.9. The number of hydrogen-bond donors (Lipinski definition) is 1. The molecular weight excluding hydrogens is 460 g/mol. The minimum Gasteiger partial charge on any atom is -0.341 e. The average Bonchev–Trinajstić information content (AvgIpc) is 3.25. The van der Waals surface area contributed by atoms with E-state index in [-0.39, 0.29) is 18.1 Å². The van der Waals surface area contributed by atoms with Crippen LogP contribution < -0.4 is 10.2 Å². The largest absolute Gasteiger partial charge is 0.341 e. The van der Waals surface area contributed by atoms with Gasteiger partial charge < -0.3 is 14.8 Å². The van der Waals surface area contributed by atoms with Crippen LogP contribution in [-0.4, -0.2) is 40.8 Å². The van der Waals surface area contributed by atoms with E-state index in [4.69, 9.17) is 0 Å². The molecular formula is C31H38N4O2. The van der Waals surface area contributed by atoms with Gasteiger partial charge in [-0.3, -0.25) is 14.5 Å². The first-order valence-electron chi connectivity index (χ1n) is 13.7. The van der Waals surface area contributed by atoms with Gasteiger partial charge in [-0.25, -0.2) is 0 Å². The lowest BCUT2D eigenvalue weighted by Gasteiger charge is -2.35. The number of amides is 1. The number of fused-ring (bicyclic) bond motifs is 1. The standard InChI is InChI=1S/C31H38N4O2/c1-4-33-17-9-8-12-26(33)24-15-13-23(14-16-24)20-34-21-27-30(31(34)32-25-10-6-5-7-11-25)28(36)18-29(37)35(27)19-22(2)3/h5-7,10-11,13-16,21-22,26,32H,4,8-9,12,17-20H2,1-3H3. The second-order valence-electron chi connectivity index (χ2n) is 10.7. The first kappa shape index (κ1) is 25.3. The molecule has 1 amide bonds. The average molecular weight is 499 g/mol. The van der Waals surface area contributed by atoms with Crippen LogP contribution in [0.5, 0.6) is 0 Å². The zero-order valence-electron chi connectivity index (χ0n) is 22.2. The maximum atomic E-state index is 13.2. The molecule has 2 aliphatic heterocycles. The van der Waals surface area contributed by atoms with Crippen LogP contribution in [0.25, 0.3) is 0 Å². The van der Waals surface area contributed by atoms with E-state index < -0.39 is 0 Å². The number of para-hydroxylation sites is 1. The number of hydrogen-bond acceptors (Lipinski definition) is 4. The quantitative estimate of drug-likeness (QED) is 0.365. The van der Waals surface area contributed by atoms with Gasteiger partial charge in [0.15, 0.2) is 5.78 Å². The molecule has 37 heavy (non-hydrogen) atoms. The number of likely N-dealkylation sites (tertiary alicyclic amines) is 1. The molecule has 194 valence electrons. The highest BCUT2D eigenvalue weighted by Gasteiger charge is 2.35. The molecule has 0 saturated carbocycles. The first-order valence-corrected chi connectivity index (χ1v) is 13.7. The number of carbonyl (C=O) groups is 2. The van der Waals surface area contributed by atoms with E-state index in [0.717, 1.165) is 18.1 Å². The second-order valence-corrected chi connectivity index (χ2v) is 10.7. The lowest BCUT2D eigenvalue weighted by molar-refractivity contribution is -0.118. The fourth-order valence-corrected chi connectivity index (χ4v) is 5.75. The van der Waals surface area contributed by atoms with Crippen molar-refractivity contribution in [3.8, 4) is 0 Å². The van der Waals surface area contributed by atoms with Crippen LogP contribution in [0.2, 0.25) is 0 Å². The summed E-state index contributed by atoms with van der Waals surface area (Å²) in [6.45, 7) is 9.89. The molecule has 2 aromatic carbocycles. The van der Waals surface area contributed by atoms with Gasteiger partial charge in [-0.15, -0.1) is 0 Å². The highest BCUT2D eigenvalue weighted by Crippen LogP contribution is 2.38. The molecule has 0 radical (unpaired) electrons. The molecule has 6 heteroatoms. The summed E-state index contributed by atoms with van der Waals surface area (Å²) in [4.78, 5) is 30.4. The van der Waals surface area contributed by atoms with Gasteiger partial charge in [-0.2, -0.15) is 0 Å². The monoisotopic (exact) mass is 498 g/mol. The lowest BCUT2D eigenvalue weighted by Crippen LogP contribution is -2.39. The van der Waals surface area contributed by atoms with Crippen molar-refractivity contribution in [2.75, 3.05) is 29.9 Å². The molecule has 0 aliphatic carbocycles.